The molecule has 1 aromatic carbocycles. The van der Waals surface area contributed by atoms with Gasteiger partial charge in [-0.3, -0.25) is 4.79 Å². The van der Waals surface area contributed by atoms with Crippen molar-refractivity contribution in [2.24, 2.45) is 11.8 Å². The smallest absolute Gasteiger partial charge is 0.416 e. The van der Waals surface area contributed by atoms with Gasteiger partial charge in [-0.05, 0) is 25.3 Å². The van der Waals surface area contributed by atoms with Crippen molar-refractivity contribution in [1.82, 2.24) is 4.90 Å². The zero-order chi connectivity index (χ0) is 19.2. The van der Waals surface area contributed by atoms with Crippen LogP contribution in [-0.4, -0.2) is 47.5 Å². The molecular weight excluding hydrogens is 346 g/mol. The number of hydrogen-bond donors (Lipinski definition) is 0. The minimum Gasteiger partial charge on any atom is -0.447 e. The normalized spacial score (nSPS) is 36.6. The van der Waals surface area contributed by atoms with Crippen molar-refractivity contribution in [3.05, 3.63) is 35.9 Å². The van der Waals surface area contributed by atoms with Crippen LogP contribution in [0.1, 0.15) is 39.2 Å². The van der Waals surface area contributed by atoms with Gasteiger partial charge in [-0.2, -0.15) is 0 Å². The molecule has 0 aliphatic carbocycles. The molecular formula is C21H27NO5. The second-order valence-corrected chi connectivity index (χ2v) is 8.19. The van der Waals surface area contributed by atoms with Crippen LogP contribution in [0.4, 0.5) is 4.79 Å². The van der Waals surface area contributed by atoms with E-state index in [1.54, 1.807) is 0 Å². The zero-order valence-corrected chi connectivity index (χ0v) is 16.1. The number of hydrogen-bond acceptors (Lipinski definition) is 5. The van der Waals surface area contributed by atoms with Crippen LogP contribution in [0.3, 0.4) is 0 Å². The van der Waals surface area contributed by atoms with Crippen molar-refractivity contribution in [2.45, 2.75) is 64.1 Å². The summed E-state index contributed by atoms with van der Waals surface area (Å²) in [6.07, 6.45) is 1.65. The lowest BCUT2D eigenvalue weighted by Gasteiger charge is -2.43. The maximum absolute atomic E-state index is 13.2. The molecule has 0 radical (unpaired) electrons. The fourth-order valence-electron chi connectivity index (χ4n) is 4.59. The third-order valence-corrected chi connectivity index (χ3v) is 6.17. The van der Waals surface area contributed by atoms with E-state index < -0.39 is 17.8 Å². The van der Waals surface area contributed by atoms with Crippen LogP contribution in [0.15, 0.2) is 30.3 Å². The molecule has 3 saturated heterocycles. The van der Waals surface area contributed by atoms with Gasteiger partial charge in [-0.1, -0.05) is 44.2 Å². The van der Waals surface area contributed by atoms with Crippen molar-refractivity contribution >= 4 is 12.0 Å². The molecule has 146 valence electrons. The number of carbonyl (C=O) groups is 2. The number of fused-ring (bicyclic) bond motifs is 2. The van der Waals surface area contributed by atoms with Gasteiger partial charge in [0, 0.05) is 12.3 Å². The Kier molecular flexibility index (Phi) is 4.72. The maximum atomic E-state index is 13.2. The topological polar surface area (TPSA) is 65.1 Å². The van der Waals surface area contributed by atoms with Crippen LogP contribution in [0.2, 0.25) is 0 Å². The van der Waals surface area contributed by atoms with E-state index >= 15 is 0 Å². The molecule has 0 N–H and O–H groups in total. The standard InChI is InChI=1S/C21H27NO5/c1-13-17-9-10-21(3,26-17)27-18(13)14(2)19(23)22-16(12-25-20(22)24)11-15-7-5-4-6-8-15/h4-8,13-14,16-18H,9-12H2,1-3H3/t13-,14-,16-,17-,18+,21+/m0/s1. The van der Waals surface area contributed by atoms with Gasteiger partial charge in [0.25, 0.3) is 0 Å². The first kappa shape index (κ1) is 18.4. The maximum Gasteiger partial charge on any atom is 0.416 e. The Balaban J connectivity index is 1.50. The molecule has 6 atom stereocenters. The minimum absolute atomic E-state index is 0.103. The molecule has 0 aromatic heterocycles. The first-order chi connectivity index (χ1) is 12.9. The molecule has 3 aliphatic rings. The van der Waals surface area contributed by atoms with E-state index in [0.717, 1.165) is 18.4 Å². The van der Waals surface area contributed by atoms with E-state index in [-0.39, 0.29) is 36.7 Å². The molecule has 2 bridgehead atoms. The van der Waals surface area contributed by atoms with Crippen LogP contribution in [0.25, 0.3) is 0 Å². The lowest BCUT2D eigenvalue weighted by atomic mass is 9.87. The molecule has 1 aromatic rings. The number of ether oxygens (including phenoxy) is 3. The highest BCUT2D eigenvalue weighted by atomic mass is 16.7. The lowest BCUT2D eigenvalue weighted by Crippen LogP contribution is -2.53. The SMILES string of the molecule is C[C@@H]1[C@H]([C@H](C)C(=O)N2C(=O)OC[C@@H]2Cc2ccccc2)O[C@]2(C)CC[C@@H]1O2. The molecule has 27 heavy (non-hydrogen) atoms. The van der Waals surface area contributed by atoms with Crippen molar-refractivity contribution < 1.29 is 23.8 Å². The lowest BCUT2D eigenvalue weighted by molar-refractivity contribution is -0.302. The summed E-state index contributed by atoms with van der Waals surface area (Å²) in [5.41, 5.74) is 1.08. The van der Waals surface area contributed by atoms with Crippen molar-refractivity contribution in [3.8, 4) is 0 Å². The Morgan fingerprint density at radius 3 is 2.78 bits per heavy atom. The number of cyclic esters (lactones) is 1. The predicted octanol–water partition coefficient (Wildman–Crippen LogP) is 3.14. The minimum atomic E-state index is -0.620. The third-order valence-electron chi connectivity index (χ3n) is 6.17. The fraction of sp³-hybridized carbons (Fsp3) is 0.619. The number of nitrogens with zero attached hydrogens (tertiary/aromatic N) is 1. The molecule has 0 unspecified atom stereocenters. The highest BCUT2D eigenvalue weighted by Crippen LogP contribution is 2.44. The Bertz CT molecular complexity index is 723. The number of amides is 2. The van der Waals surface area contributed by atoms with E-state index in [2.05, 4.69) is 6.92 Å². The monoisotopic (exact) mass is 373 g/mol. The first-order valence-electron chi connectivity index (χ1n) is 9.77. The Labute approximate surface area is 159 Å². The molecule has 6 heteroatoms. The molecule has 3 fully saturated rings. The Hall–Kier alpha value is -1.92. The van der Waals surface area contributed by atoms with E-state index in [1.807, 2.05) is 44.2 Å². The Morgan fingerprint density at radius 2 is 2.04 bits per heavy atom. The van der Waals surface area contributed by atoms with Gasteiger partial charge in [-0.15, -0.1) is 0 Å². The van der Waals surface area contributed by atoms with Crippen LogP contribution in [0, 0.1) is 11.8 Å². The average molecular weight is 373 g/mol. The van der Waals surface area contributed by atoms with E-state index in [4.69, 9.17) is 14.2 Å². The number of rotatable bonds is 4. The molecule has 0 saturated carbocycles. The summed E-state index contributed by atoms with van der Waals surface area (Å²) >= 11 is 0. The van der Waals surface area contributed by atoms with Gasteiger partial charge < -0.3 is 14.2 Å². The summed E-state index contributed by atoms with van der Waals surface area (Å²) in [4.78, 5) is 26.8. The summed E-state index contributed by atoms with van der Waals surface area (Å²) in [6, 6.07) is 9.57. The quantitative estimate of drug-likeness (QED) is 0.811. The van der Waals surface area contributed by atoms with E-state index in [0.29, 0.717) is 6.42 Å². The summed E-state index contributed by atoms with van der Waals surface area (Å²) < 4.78 is 17.4. The number of benzene rings is 1. The summed E-state index contributed by atoms with van der Waals surface area (Å²) in [5.74, 6) is -1.18. The molecule has 4 rings (SSSR count). The van der Waals surface area contributed by atoms with Crippen LogP contribution < -0.4 is 0 Å². The van der Waals surface area contributed by atoms with Crippen molar-refractivity contribution in [1.29, 1.82) is 0 Å². The number of carbonyl (C=O) groups excluding carboxylic acids is 2. The third kappa shape index (κ3) is 3.36. The van der Waals surface area contributed by atoms with Gasteiger partial charge in [0.2, 0.25) is 5.91 Å². The van der Waals surface area contributed by atoms with Gasteiger partial charge in [0.1, 0.15) is 6.61 Å². The fourth-order valence-corrected chi connectivity index (χ4v) is 4.59. The van der Waals surface area contributed by atoms with Crippen LogP contribution >= 0.6 is 0 Å². The summed E-state index contributed by atoms with van der Waals surface area (Å²) in [5, 5.41) is 0. The number of imide groups is 1. The van der Waals surface area contributed by atoms with Crippen LogP contribution in [-0.2, 0) is 25.4 Å². The predicted molar refractivity (Wildman–Crippen MR) is 97.8 cm³/mol. The first-order valence-corrected chi connectivity index (χ1v) is 9.77. The highest BCUT2D eigenvalue weighted by Gasteiger charge is 2.52. The molecule has 2 amide bonds. The van der Waals surface area contributed by atoms with E-state index in [9.17, 15) is 9.59 Å². The van der Waals surface area contributed by atoms with Gasteiger partial charge in [0.15, 0.2) is 5.79 Å². The molecule has 6 nitrogen and oxygen atoms in total. The van der Waals surface area contributed by atoms with Crippen LogP contribution in [0.5, 0.6) is 0 Å². The zero-order valence-electron chi connectivity index (χ0n) is 16.1. The second-order valence-electron chi connectivity index (χ2n) is 8.19. The van der Waals surface area contributed by atoms with Gasteiger partial charge >= 0.3 is 6.09 Å². The summed E-state index contributed by atoms with van der Waals surface area (Å²) in [6.45, 7) is 6.08. The molecule has 3 aliphatic heterocycles. The van der Waals surface area contributed by atoms with Gasteiger partial charge in [-0.25, -0.2) is 9.69 Å². The average Bonchev–Trinajstić information content (AvgIpc) is 3.19. The molecule has 0 spiro atoms. The van der Waals surface area contributed by atoms with Crippen molar-refractivity contribution in [2.75, 3.05) is 6.61 Å². The van der Waals surface area contributed by atoms with Crippen molar-refractivity contribution in [3.63, 3.8) is 0 Å². The van der Waals surface area contributed by atoms with E-state index in [1.165, 1.54) is 4.90 Å². The van der Waals surface area contributed by atoms with Gasteiger partial charge in [0.05, 0.1) is 24.2 Å². The summed E-state index contributed by atoms with van der Waals surface area (Å²) in [7, 11) is 0. The Morgan fingerprint density at radius 1 is 1.30 bits per heavy atom. The molecule has 3 heterocycles. The second kappa shape index (κ2) is 6.91. The highest BCUT2D eigenvalue weighted by molar-refractivity contribution is 5.95. The largest absolute Gasteiger partial charge is 0.447 e.